The molecule has 0 amide bonds. The van der Waals surface area contributed by atoms with Gasteiger partial charge in [0.25, 0.3) is 0 Å². The van der Waals surface area contributed by atoms with Crippen molar-refractivity contribution < 1.29 is 8.42 Å². The summed E-state index contributed by atoms with van der Waals surface area (Å²) in [5, 5.41) is 1.34. The van der Waals surface area contributed by atoms with Gasteiger partial charge in [-0.15, -0.1) is 0 Å². The Hall–Kier alpha value is -0.830. The molecule has 0 fully saturated rings. The van der Waals surface area contributed by atoms with E-state index in [0.717, 1.165) is 11.1 Å². The maximum atomic E-state index is 11.2. The molecule has 0 saturated carbocycles. The highest BCUT2D eigenvalue weighted by molar-refractivity contribution is 7.94. The van der Waals surface area contributed by atoms with Crippen LogP contribution in [0.5, 0.6) is 0 Å². The van der Waals surface area contributed by atoms with E-state index in [0.29, 0.717) is 0 Å². The monoisotopic (exact) mass is 198 g/mol. The number of hydrogen-bond acceptors (Lipinski definition) is 2. The second kappa shape index (κ2) is 3.50. The first kappa shape index (κ1) is 10.3. The zero-order chi connectivity index (χ0) is 10.1. The van der Waals surface area contributed by atoms with E-state index < -0.39 is 9.84 Å². The van der Waals surface area contributed by atoms with Gasteiger partial charge in [0.05, 0.1) is 5.75 Å². The molecule has 1 aliphatic rings. The lowest BCUT2D eigenvalue weighted by Crippen LogP contribution is -1.96. The minimum absolute atomic E-state index is 0.155. The van der Waals surface area contributed by atoms with Crippen LogP contribution in [0.3, 0.4) is 0 Å². The van der Waals surface area contributed by atoms with Gasteiger partial charge in [-0.3, -0.25) is 0 Å². The summed E-state index contributed by atoms with van der Waals surface area (Å²) in [5.74, 6) is 0.155. The number of rotatable bonds is 1. The van der Waals surface area contributed by atoms with Crippen molar-refractivity contribution in [2.75, 3.05) is 5.75 Å². The number of sulfone groups is 1. The van der Waals surface area contributed by atoms with Crippen molar-refractivity contribution in [2.45, 2.75) is 20.8 Å². The summed E-state index contributed by atoms with van der Waals surface area (Å²) in [6.45, 7) is 5.80. The normalized spacial score (nSPS) is 23.0. The van der Waals surface area contributed by atoms with Crippen LogP contribution in [0.4, 0.5) is 0 Å². The molecule has 0 aromatic heterocycles. The molecule has 72 valence electrons. The Labute approximate surface area is 79.6 Å². The predicted octanol–water partition coefficient (Wildman–Crippen LogP) is 2.21. The minimum Gasteiger partial charge on any atom is -0.224 e. The van der Waals surface area contributed by atoms with Gasteiger partial charge in [0.1, 0.15) is 0 Å². The van der Waals surface area contributed by atoms with Crippen LogP contribution in [-0.4, -0.2) is 14.2 Å². The molecule has 0 N–H and O–H groups in total. The molecule has 0 aliphatic carbocycles. The number of hydrogen-bond donors (Lipinski definition) is 0. The molecule has 1 rings (SSSR count). The van der Waals surface area contributed by atoms with Crippen molar-refractivity contribution in [2.24, 2.45) is 0 Å². The molecule has 0 bridgehead atoms. The van der Waals surface area contributed by atoms with E-state index in [1.165, 1.54) is 11.0 Å². The van der Waals surface area contributed by atoms with Crippen LogP contribution >= 0.6 is 0 Å². The molecule has 0 aromatic rings. The molecule has 1 aliphatic heterocycles. The van der Waals surface area contributed by atoms with Crippen LogP contribution in [-0.2, 0) is 9.84 Å². The lowest BCUT2D eigenvalue weighted by Gasteiger charge is -1.94. The Bertz CT molecular complexity index is 391. The van der Waals surface area contributed by atoms with Crippen molar-refractivity contribution in [1.82, 2.24) is 0 Å². The standard InChI is InChI=1S/C10H14O2S/c1-8(2)4-5-10-7-13(11,12)6-9(10)3/h4-6H,7H2,1-3H3/b10-5+. The lowest BCUT2D eigenvalue weighted by atomic mass is 10.1. The summed E-state index contributed by atoms with van der Waals surface area (Å²) < 4.78 is 22.3. The summed E-state index contributed by atoms with van der Waals surface area (Å²) in [4.78, 5) is 0. The molecule has 0 unspecified atom stereocenters. The Balaban J connectivity index is 2.96. The molecule has 13 heavy (non-hydrogen) atoms. The van der Waals surface area contributed by atoms with Crippen LogP contribution in [0.1, 0.15) is 20.8 Å². The summed E-state index contributed by atoms with van der Waals surface area (Å²) in [6, 6.07) is 0. The fourth-order valence-electron chi connectivity index (χ4n) is 1.16. The second-order valence-corrected chi connectivity index (χ2v) is 5.39. The van der Waals surface area contributed by atoms with Gasteiger partial charge in [-0.05, 0) is 31.9 Å². The first-order valence-corrected chi connectivity index (χ1v) is 5.88. The maximum Gasteiger partial charge on any atom is 0.176 e. The highest BCUT2D eigenvalue weighted by Gasteiger charge is 2.19. The molecule has 1 heterocycles. The van der Waals surface area contributed by atoms with Crippen molar-refractivity contribution >= 4 is 9.84 Å². The molecule has 2 nitrogen and oxygen atoms in total. The Morgan fingerprint density at radius 2 is 2.08 bits per heavy atom. The molecular formula is C10H14O2S. The molecule has 0 aromatic carbocycles. The fraction of sp³-hybridized carbons (Fsp3) is 0.400. The summed E-state index contributed by atoms with van der Waals surface area (Å²) in [5.41, 5.74) is 2.93. The maximum absolute atomic E-state index is 11.2. The van der Waals surface area contributed by atoms with Crippen molar-refractivity contribution in [3.05, 3.63) is 34.3 Å². The first-order chi connectivity index (χ1) is 5.91. The van der Waals surface area contributed by atoms with Gasteiger partial charge in [0.15, 0.2) is 9.84 Å². The first-order valence-electron chi connectivity index (χ1n) is 4.16. The molecule has 0 radical (unpaired) electrons. The fourth-order valence-corrected chi connectivity index (χ4v) is 2.69. The van der Waals surface area contributed by atoms with Crippen LogP contribution in [0, 0.1) is 0 Å². The van der Waals surface area contributed by atoms with Gasteiger partial charge >= 0.3 is 0 Å². The smallest absolute Gasteiger partial charge is 0.176 e. The summed E-state index contributed by atoms with van der Waals surface area (Å²) in [7, 11) is -2.95. The molecule has 0 spiro atoms. The van der Waals surface area contributed by atoms with Gasteiger partial charge in [-0.1, -0.05) is 17.7 Å². The Kier molecular flexibility index (Phi) is 2.76. The Morgan fingerprint density at radius 3 is 2.46 bits per heavy atom. The van der Waals surface area contributed by atoms with Crippen LogP contribution in [0.2, 0.25) is 0 Å². The highest BCUT2D eigenvalue weighted by atomic mass is 32.2. The number of allylic oxidation sites excluding steroid dienone is 4. The van der Waals surface area contributed by atoms with Crippen LogP contribution < -0.4 is 0 Å². The van der Waals surface area contributed by atoms with Crippen molar-refractivity contribution in [3.63, 3.8) is 0 Å². The topological polar surface area (TPSA) is 34.1 Å². The van der Waals surface area contributed by atoms with Gasteiger partial charge in [0.2, 0.25) is 0 Å². The zero-order valence-electron chi connectivity index (χ0n) is 8.16. The molecule has 0 atom stereocenters. The van der Waals surface area contributed by atoms with Gasteiger partial charge in [-0.2, -0.15) is 0 Å². The third kappa shape index (κ3) is 2.84. The van der Waals surface area contributed by atoms with E-state index in [-0.39, 0.29) is 5.75 Å². The summed E-state index contributed by atoms with van der Waals surface area (Å²) in [6.07, 6.45) is 3.82. The SMILES string of the molecule is CC(C)=C/C=C1\CS(=O)(=O)C=C1C. The average molecular weight is 198 g/mol. The Morgan fingerprint density at radius 1 is 1.46 bits per heavy atom. The third-order valence-corrected chi connectivity index (χ3v) is 3.26. The average Bonchev–Trinajstić information content (AvgIpc) is 2.20. The highest BCUT2D eigenvalue weighted by Crippen LogP contribution is 2.22. The van der Waals surface area contributed by atoms with Crippen molar-refractivity contribution in [3.8, 4) is 0 Å². The van der Waals surface area contributed by atoms with Gasteiger partial charge in [0, 0.05) is 5.41 Å². The van der Waals surface area contributed by atoms with Crippen LogP contribution in [0.25, 0.3) is 0 Å². The van der Waals surface area contributed by atoms with E-state index in [1.54, 1.807) is 0 Å². The van der Waals surface area contributed by atoms with E-state index >= 15 is 0 Å². The van der Waals surface area contributed by atoms with Crippen LogP contribution in [0.15, 0.2) is 34.3 Å². The molecular weight excluding hydrogens is 184 g/mol. The van der Waals surface area contributed by atoms with E-state index in [4.69, 9.17) is 0 Å². The second-order valence-electron chi connectivity index (χ2n) is 3.54. The van der Waals surface area contributed by atoms with E-state index in [1.807, 2.05) is 32.9 Å². The van der Waals surface area contributed by atoms with Crippen molar-refractivity contribution in [1.29, 1.82) is 0 Å². The quantitative estimate of drug-likeness (QED) is 0.647. The molecule has 0 saturated heterocycles. The largest absolute Gasteiger partial charge is 0.224 e. The van der Waals surface area contributed by atoms with Gasteiger partial charge < -0.3 is 0 Å². The van der Waals surface area contributed by atoms with E-state index in [9.17, 15) is 8.42 Å². The lowest BCUT2D eigenvalue weighted by molar-refractivity contribution is 0.608. The third-order valence-electron chi connectivity index (χ3n) is 1.84. The van der Waals surface area contributed by atoms with Gasteiger partial charge in [-0.25, -0.2) is 8.42 Å². The zero-order valence-corrected chi connectivity index (χ0v) is 8.98. The molecule has 3 heteroatoms. The van der Waals surface area contributed by atoms with E-state index in [2.05, 4.69) is 0 Å². The summed E-state index contributed by atoms with van der Waals surface area (Å²) >= 11 is 0. The predicted molar refractivity (Wildman–Crippen MR) is 55.1 cm³/mol. The minimum atomic E-state index is -2.95.